The molecule has 0 saturated heterocycles. The Labute approximate surface area is 198 Å². The highest BCUT2D eigenvalue weighted by Crippen LogP contribution is 2.29. The maximum atomic E-state index is 12.2. The lowest BCUT2D eigenvalue weighted by molar-refractivity contribution is -0.115. The molecule has 0 unspecified atom stereocenters. The Morgan fingerprint density at radius 1 is 1.22 bits per heavy atom. The zero-order valence-corrected chi connectivity index (χ0v) is 19.3. The number of halogens is 1. The van der Waals surface area contributed by atoms with E-state index in [1.54, 1.807) is 24.3 Å². The maximum Gasteiger partial charge on any atom is 0.250 e. The van der Waals surface area contributed by atoms with E-state index in [1.807, 2.05) is 43.3 Å². The average Bonchev–Trinajstić information content (AvgIpc) is 3.39. The number of furan rings is 1. The van der Waals surface area contributed by atoms with Crippen LogP contribution in [0.4, 0.5) is 5.13 Å². The number of thiocarbonyl (C=S) groups is 1. The van der Waals surface area contributed by atoms with Crippen LogP contribution in [-0.4, -0.2) is 22.6 Å². The van der Waals surface area contributed by atoms with E-state index in [0.717, 1.165) is 21.5 Å². The van der Waals surface area contributed by atoms with Crippen molar-refractivity contribution < 1.29 is 13.9 Å². The van der Waals surface area contributed by atoms with Crippen LogP contribution < -0.4 is 15.4 Å². The summed E-state index contributed by atoms with van der Waals surface area (Å²) in [5, 5.41) is 6.94. The third kappa shape index (κ3) is 5.53. The number of hydrogen-bond donors (Lipinski definition) is 2. The molecule has 1 amide bonds. The van der Waals surface area contributed by atoms with Gasteiger partial charge in [0.2, 0.25) is 5.91 Å². The molecule has 0 atom stereocenters. The highest BCUT2D eigenvalue weighted by Gasteiger charge is 2.09. The fourth-order valence-electron chi connectivity index (χ4n) is 2.87. The largest absolute Gasteiger partial charge is 0.494 e. The molecule has 4 rings (SSSR count). The van der Waals surface area contributed by atoms with E-state index < -0.39 is 0 Å². The van der Waals surface area contributed by atoms with Crippen molar-refractivity contribution in [2.75, 3.05) is 11.9 Å². The molecule has 0 fully saturated rings. The first-order chi connectivity index (χ1) is 15.5. The first-order valence-corrected chi connectivity index (χ1v) is 11.3. The van der Waals surface area contributed by atoms with E-state index >= 15 is 0 Å². The zero-order chi connectivity index (χ0) is 22.5. The quantitative estimate of drug-likeness (QED) is 0.253. The Morgan fingerprint density at radius 2 is 2.03 bits per heavy atom. The zero-order valence-electron chi connectivity index (χ0n) is 16.9. The molecule has 162 valence electrons. The lowest BCUT2D eigenvalue weighted by atomic mass is 10.2. The minimum atomic E-state index is -0.383. The highest BCUT2D eigenvalue weighted by atomic mass is 35.5. The summed E-state index contributed by atoms with van der Waals surface area (Å²) >= 11 is 12.6. The van der Waals surface area contributed by atoms with Crippen molar-refractivity contribution in [3.8, 4) is 17.1 Å². The van der Waals surface area contributed by atoms with Crippen LogP contribution >= 0.6 is 35.2 Å². The third-order valence-corrected chi connectivity index (χ3v) is 5.67. The number of anilines is 1. The fourth-order valence-corrected chi connectivity index (χ4v) is 4.15. The molecular weight excluding hydrogens is 466 g/mol. The van der Waals surface area contributed by atoms with Crippen LogP contribution in [0.25, 0.3) is 27.6 Å². The van der Waals surface area contributed by atoms with Gasteiger partial charge in [-0.15, -0.1) is 0 Å². The molecule has 2 heterocycles. The number of benzene rings is 2. The molecule has 0 spiro atoms. The number of aromatic nitrogens is 1. The molecule has 0 aliphatic heterocycles. The van der Waals surface area contributed by atoms with Gasteiger partial charge in [-0.05, 0) is 79.8 Å². The van der Waals surface area contributed by atoms with Crippen LogP contribution in [0, 0.1) is 0 Å². The summed E-state index contributed by atoms with van der Waals surface area (Å²) in [7, 11) is 0. The van der Waals surface area contributed by atoms with Crippen molar-refractivity contribution in [3.63, 3.8) is 0 Å². The van der Waals surface area contributed by atoms with Crippen molar-refractivity contribution in [2.45, 2.75) is 6.92 Å². The predicted molar refractivity (Wildman–Crippen MR) is 133 cm³/mol. The summed E-state index contributed by atoms with van der Waals surface area (Å²) < 4.78 is 12.2. The molecule has 2 aromatic carbocycles. The van der Waals surface area contributed by atoms with E-state index in [2.05, 4.69) is 15.6 Å². The molecule has 4 aromatic rings. The molecule has 6 nitrogen and oxygen atoms in total. The number of ether oxygens (including phenoxy) is 1. The number of carbonyl (C=O) groups excluding carboxylic acids is 1. The van der Waals surface area contributed by atoms with Crippen LogP contribution in [0.15, 0.2) is 65.1 Å². The number of fused-ring (bicyclic) bond motifs is 1. The molecule has 0 bridgehead atoms. The van der Waals surface area contributed by atoms with Gasteiger partial charge in [-0.1, -0.05) is 22.9 Å². The SMILES string of the molecule is CCOc1ccc2nc(NC(=S)NC(=O)C=Cc3ccc(-c4ccc(Cl)cc4)o3)sc2c1. The number of rotatable bonds is 6. The average molecular weight is 484 g/mol. The Hall–Kier alpha value is -3.20. The Bertz CT molecular complexity index is 1300. The number of amides is 1. The van der Waals surface area contributed by atoms with Crippen molar-refractivity contribution in [2.24, 2.45) is 0 Å². The fraction of sp³-hybridized carbons (Fsp3) is 0.0870. The number of nitrogens with zero attached hydrogens (tertiary/aromatic N) is 1. The molecule has 9 heteroatoms. The van der Waals surface area contributed by atoms with Gasteiger partial charge in [0.1, 0.15) is 17.3 Å². The highest BCUT2D eigenvalue weighted by molar-refractivity contribution is 7.80. The van der Waals surface area contributed by atoms with Gasteiger partial charge in [-0.25, -0.2) is 4.98 Å². The molecular formula is C23H18ClN3O3S2. The standard InChI is InChI=1S/C23H18ClN3O3S2/c1-2-29-17-7-10-18-20(13-17)32-23(25-18)27-22(31)26-21(28)12-9-16-8-11-19(30-16)14-3-5-15(24)6-4-14/h3-13H,2H2,1H3,(H2,25,26,27,28,31). The summed E-state index contributed by atoms with van der Waals surface area (Å²) in [4.78, 5) is 16.7. The number of thiazole rings is 1. The van der Waals surface area contributed by atoms with Crippen LogP contribution in [0.3, 0.4) is 0 Å². The van der Waals surface area contributed by atoms with Gasteiger partial charge in [0.05, 0.1) is 16.8 Å². The summed E-state index contributed by atoms with van der Waals surface area (Å²) in [6, 6.07) is 16.6. The summed E-state index contributed by atoms with van der Waals surface area (Å²) in [5.74, 6) is 1.63. The summed E-state index contributed by atoms with van der Waals surface area (Å²) in [6.45, 7) is 2.53. The van der Waals surface area contributed by atoms with Gasteiger partial charge in [-0.3, -0.25) is 10.1 Å². The van der Waals surface area contributed by atoms with Crippen LogP contribution in [0.2, 0.25) is 5.02 Å². The second kappa shape index (κ2) is 9.95. The monoisotopic (exact) mass is 483 g/mol. The molecule has 32 heavy (non-hydrogen) atoms. The predicted octanol–water partition coefficient (Wildman–Crippen LogP) is 6.13. The summed E-state index contributed by atoms with van der Waals surface area (Å²) in [6.07, 6.45) is 2.93. The molecule has 0 aliphatic rings. The second-order valence-corrected chi connectivity index (χ2v) is 8.44. The molecule has 0 saturated carbocycles. The first kappa shape index (κ1) is 22.0. The van der Waals surface area contributed by atoms with E-state index in [9.17, 15) is 4.79 Å². The maximum absolute atomic E-state index is 12.2. The van der Waals surface area contributed by atoms with E-state index in [0.29, 0.717) is 28.3 Å². The Kier molecular flexibility index (Phi) is 6.84. The van der Waals surface area contributed by atoms with E-state index in [4.69, 9.17) is 33.0 Å². The van der Waals surface area contributed by atoms with Gasteiger partial charge in [0.15, 0.2) is 10.2 Å². The third-order valence-electron chi connectivity index (χ3n) is 4.28. The molecule has 0 aliphatic carbocycles. The van der Waals surface area contributed by atoms with Crippen molar-refractivity contribution in [1.82, 2.24) is 10.3 Å². The molecule has 2 N–H and O–H groups in total. The van der Waals surface area contributed by atoms with Crippen LogP contribution in [-0.2, 0) is 4.79 Å². The molecule has 2 aromatic heterocycles. The first-order valence-electron chi connectivity index (χ1n) is 9.69. The normalized spacial score (nSPS) is 11.1. The molecule has 0 radical (unpaired) electrons. The van der Waals surface area contributed by atoms with Gasteiger partial charge < -0.3 is 14.5 Å². The smallest absolute Gasteiger partial charge is 0.250 e. The van der Waals surface area contributed by atoms with Gasteiger partial charge in [0.25, 0.3) is 0 Å². The van der Waals surface area contributed by atoms with Crippen LogP contribution in [0.1, 0.15) is 12.7 Å². The second-order valence-electron chi connectivity index (χ2n) is 6.57. The topological polar surface area (TPSA) is 76.4 Å². The van der Waals surface area contributed by atoms with Crippen molar-refractivity contribution in [3.05, 3.63) is 71.5 Å². The minimum Gasteiger partial charge on any atom is -0.494 e. The van der Waals surface area contributed by atoms with Gasteiger partial charge >= 0.3 is 0 Å². The van der Waals surface area contributed by atoms with Crippen molar-refractivity contribution in [1.29, 1.82) is 0 Å². The summed E-state index contributed by atoms with van der Waals surface area (Å²) in [5.41, 5.74) is 1.72. The van der Waals surface area contributed by atoms with Crippen LogP contribution in [0.5, 0.6) is 5.75 Å². The van der Waals surface area contributed by atoms with Crippen molar-refractivity contribution >= 4 is 67.6 Å². The number of nitrogens with one attached hydrogen (secondary N) is 2. The lowest BCUT2D eigenvalue weighted by Gasteiger charge is -2.04. The van der Waals surface area contributed by atoms with Gasteiger partial charge in [-0.2, -0.15) is 0 Å². The lowest BCUT2D eigenvalue weighted by Crippen LogP contribution is -2.32. The van der Waals surface area contributed by atoms with E-state index in [1.165, 1.54) is 17.4 Å². The minimum absolute atomic E-state index is 0.157. The van der Waals surface area contributed by atoms with E-state index in [-0.39, 0.29) is 11.0 Å². The number of hydrogen-bond acceptors (Lipinski definition) is 6. The Morgan fingerprint density at radius 3 is 2.81 bits per heavy atom. The van der Waals surface area contributed by atoms with Gasteiger partial charge in [0, 0.05) is 16.7 Å². The Balaban J connectivity index is 1.34. The number of carbonyl (C=O) groups is 1.